The summed E-state index contributed by atoms with van der Waals surface area (Å²) < 4.78 is 2.27. The number of nitrogens with zero attached hydrogens (tertiary/aromatic N) is 4. The Labute approximate surface area is 188 Å². The van der Waals surface area contributed by atoms with Crippen LogP contribution in [-0.4, -0.2) is 39.3 Å². The van der Waals surface area contributed by atoms with Crippen molar-refractivity contribution in [2.45, 2.75) is 39.2 Å². The van der Waals surface area contributed by atoms with E-state index in [9.17, 15) is 0 Å². The molecule has 1 aliphatic heterocycles. The summed E-state index contributed by atoms with van der Waals surface area (Å²) in [5, 5.41) is 14.8. The molecule has 2 aromatic heterocycles. The lowest BCUT2D eigenvalue weighted by Gasteiger charge is -2.33. The van der Waals surface area contributed by atoms with Crippen LogP contribution in [0.4, 0.5) is 17.3 Å². The fraction of sp³-hybridized carbons (Fsp3) is 0.385. The molecule has 3 heterocycles. The fourth-order valence-electron chi connectivity index (χ4n) is 4.78. The Morgan fingerprint density at radius 1 is 1.03 bits per heavy atom. The van der Waals surface area contributed by atoms with E-state index in [4.69, 9.17) is 10.1 Å². The van der Waals surface area contributed by atoms with Crippen molar-refractivity contribution in [1.82, 2.24) is 14.5 Å². The summed E-state index contributed by atoms with van der Waals surface area (Å²) in [6.45, 7) is 6.79. The minimum absolute atomic E-state index is 0.302. The first-order chi connectivity index (χ1) is 15.6. The van der Waals surface area contributed by atoms with E-state index in [1.807, 2.05) is 6.20 Å². The quantitative estimate of drug-likeness (QED) is 0.423. The Hall–Kier alpha value is -3.12. The van der Waals surface area contributed by atoms with Gasteiger partial charge in [0.1, 0.15) is 5.52 Å². The van der Waals surface area contributed by atoms with Gasteiger partial charge >= 0.3 is 0 Å². The first-order valence-electron chi connectivity index (χ1n) is 11.6. The average Bonchev–Trinajstić information content (AvgIpc) is 3.26. The summed E-state index contributed by atoms with van der Waals surface area (Å²) in [7, 11) is 0. The molecule has 6 heteroatoms. The standard InChI is InChI=1S/C26H31N5O/c1-18(2)31-15-11-20-3-4-21-17-27-26(29-24(21)25(20)31)28-22-5-7-23(8-6-22)30-13-9-19(10-14-30)12-16-32/h3-8,11,15,17-19,32H,9-10,12-14,16H2,1-2H3,(H,27,28,29). The van der Waals surface area contributed by atoms with E-state index in [2.05, 4.69) is 82.3 Å². The van der Waals surface area contributed by atoms with Gasteiger partial charge in [0, 0.05) is 60.3 Å². The molecule has 0 radical (unpaired) electrons. The maximum atomic E-state index is 9.16. The summed E-state index contributed by atoms with van der Waals surface area (Å²) in [6.07, 6.45) is 7.26. The highest BCUT2D eigenvalue weighted by Gasteiger charge is 2.19. The van der Waals surface area contributed by atoms with Crippen LogP contribution in [0, 0.1) is 5.92 Å². The van der Waals surface area contributed by atoms with E-state index < -0.39 is 0 Å². The number of anilines is 3. The van der Waals surface area contributed by atoms with Crippen molar-refractivity contribution in [2.24, 2.45) is 5.92 Å². The lowest BCUT2D eigenvalue weighted by atomic mass is 9.93. The molecule has 0 atom stereocenters. The van der Waals surface area contributed by atoms with Crippen molar-refractivity contribution in [3.05, 3.63) is 54.9 Å². The van der Waals surface area contributed by atoms with Crippen molar-refractivity contribution in [1.29, 1.82) is 0 Å². The number of aliphatic hydroxyl groups is 1. The van der Waals surface area contributed by atoms with Crippen LogP contribution in [0.3, 0.4) is 0 Å². The molecule has 0 unspecified atom stereocenters. The SMILES string of the molecule is CC(C)n1ccc2ccc3cnc(Nc4ccc(N5CCC(CCO)CC5)cc4)nc3c21. The number of fused-ring (bicyclic) bond motifs is 3. The predicted molar refractivity (Wildman–Crippen MR) is 132 cm³/mol. The average molecular weight is 430 g/mol. The van der Waals surface area contributed by atoms with Gasteiger partial charge in [-0.15, -0.1) is 0 Å². The zero-order chi connectivity index (χ0) is 22.1. The highest BCUT2D eigenvalue weighted by molar-refractivity contribution is 6.03. The summed E-state index contributed by atoms with van der Waals surface area (Å²) in [4.78, 5) is 11.9. The minimum Gasteiger partial charge on any atom is -0.396 e. The third kappa shape index (κ3) is 4.02. The van der Waals surface area contributed by atoms with Crippen LogP contribution in [0.5, 0.6) is 0 Å². The van der Waals surface area contributed by atoms with Crippen molar-refractivity contribution < 1.29 is 5.11 Å². The molecule has 32 heavy (non-hydrogen) atoms. The highest BCUT2D eigenvalue weighted by Crippen LogP contribution is 2.29. The van der Waals surface area contributed by atoms with Gasteiger partial charge in [-0.25, -0.2) is 9.97 Å². The molecule has 5 rings (SSSR count). The molecule has 4 aromatic rings. The molecule has 1 saturated heterocycles. The molecule has 166 valence electrons. The van der Waals surface area contributed by atoms with Gasteiger partial charge in [-0.2, -0.15) is 0 Å². The summed E-state index contributed by atoms with van der Waals surface area (Å²) in [6, 6.07) is 15.3. The van der Waals surface area contributed by atoms with Crippen molar-refractivity contribution >= 4 is 39.1 Å². The van der Waals surface area contributed by atoms with E-state index >= 15 is 0 Å². The predicted octanol–water partition coefficient (Wildman–Crippen LogP) is 5.51. The van der Waals surface area contributed by atoms with Crippen molar-refractivity contribution in [3.63, 3.8) is 0 Å². The zero-order valence-corrected chi connectivity index (χ0v) is 18.8. The number of aliphatic hydroxyl groups excluding tert-OH is 1. The largest absolute Gasteiger partial charge is 0.396 e. The van der Waals surface area contributed by atoms with Crippen LogP contribution in [0.15, 0.2) is 54.9 Å². The summed E-state index contributed by atoms with van der Waals surface area (Å²) in [5.41, 5.74) is 4.35. The van der Waals surface area contributed by atoms with Gasteiger partial charge in [0.05, 0.1) is 5.52 Å². The van der Waals surface area contributed by atoms with E-state index in [-0.39, 0.29) is 0 Å². The number of hydrogen-bond acceptors (Lipinski definition) is 5. The molecule has 1 fully saturated rings. The molecule has 1 aliphatic rings. The van der Waals surface area contributed by atoms with Gasteiger partial charge in [-0.3, -0.25) is 0 Å². The molecule has 6 nitrogen and oxygen atoms in total. The molecule has 2 aromatic carbocycles. The monoisotopic (exact) mass is 429 g/mol. The second kappa shape index (κ2) is 8.79. The van der Waals surface area contributed by atoms with Gasteiger partial charge in [-0.05, 0) is 69.4 Å². The zero-order valence-electron chi connectivity index (χ0n) is 18.8. The lowest BCUT2D eigenvalue weighted by molar-refractivity contribution is 0.240. The number of piperidine rings is 1. The topological polar surface area (TPSA) is 66.2 Å². The van der Waals surface area contributed by atoms with Gasteiger partial charge in [0.2, 0.25) is 5.95 Å². The molecular weight excluding hydrogens is 398 g/mol. The van der Waals surface area contributed by atoms with Gasteiger partial charge in [0.25, 0.3) is 0 Å². The molecule has 0 spiro atoms. The van der Waals surface area contributed by atoms with Crippen LogP contribution in [0.2, 0.25) is 0 Å². The van der Waals surface area contributed by atoms with E-state index in [1.165, 1.54) is 11.1 Å². The first-order valence-corrected chi connectivity index (χ1v) is 11.6. The number of aromatic nitrogens is 3. The summed E-state index contributed by atoms with van der Waals surface area (Å²) in [5.74, 6) is 1.27. The Morgan fingerprint density at radius 2 is 1.78 bits per heavy atom. The van der Waals surface area contributed by atoms with Crippen molar-refractivity contribution in [3.8, 4) is 0 Å². The lowest BCUT2D eigenvalue weighted by Crippen LogP contribution is -2.33. The van der Waals surface area contributed by atoms with Crippen LogP contribution < -0.4 is 10.2 Å². The molecule has 0 amide bonds. The maximum absolute atomic E-state index is 9.16. The Morgan fingerprint density at radius 3 is 2.50 bits per heavy atom. The Bertz CT molecular complexity index is 1210. The van der Waals surface area contributed by atoms with Crippen LogP contribution in [0.1, 0.15) is 39.2 Å². The second-order valence-corrected chi connectivity index (χ2v) is 9.07. The Balaban J connectivity index is 1.35. The number of rotatable bonds is 6. The number of benzene rings is 2. The van der Waals surface area contributed by atoms with Crippen LogP contribution in [0.25, 0.3) is 21.8 Å². The molecule has 0 bridgehead atoms. The summed E-state index contributed by atoms with van der Waals surface area (Å²) >= 11 is 0. The normalized spacial score (nSPS) is 15.2. The molecule has 2 N–H and O–H groups in total. The third-order valence-electron chi connectivity index (χ3n) is 6.63. The van der Waals surface area contributed by atoms with Crippen LogP contribution >= 0.6 is 0 Å². The fourth-order valence-corrected chi connectivity index (χ4v) is 4.78. The van der Waals surface area contributed by atoms with Gasteiger partial charge < -0.3 is 19.9 Å². The minimum atomic E-state index is 0.302. The second-order valence-electron chi connectivity index (χ2n) is 9.07. The van der Waals surface area contributed by atoms with E-state index in [0.717, 1.165) is 54.5 Å². The highest BCUT2D eigenvalue weighted by atomic mass is 16.3. The van der Waals surface area contributed by atoms with Crippen LogP contribution in [-0.2, 0) is 0 Å². The van der Waals surface area contributed by atoms with Crippen molar-refractivity contribution in [2.75, 3.05) is 29.9 Å². The number of nitrogens with one attached hydrogen (secondary N) is 1. The third-order valence-corrected chi connectivity index (χ3v) is 6.63. The maximum Gasteiger partial charge on any atom is 0.227 e. The molecular formula is C26H31N5O. The Kier molecular flexibility index (Phi) is 5.70. The van der Waals surface area contributed by atoms with Gasteiger partial charge in [0.15, 0.2) is 0 Å². The first kappa shape index (κ1) is 20.8. The van der Waals surface area contributed by atoms with E-state index in [1.54, 1.807) is 0 Å². The molecule has 0 aliphatic carbocycles. The number of hydrogen-bond donors (Lipinski definition) is 2. The van der Waals surface area contributed by atoms with Gasteiger partial charge in [-0.1, -0.05) is 12.1 Å². The van der Waals surface area contributed by atoms with E-state index in [0.29, 0.717) is 24.5 Å². The molecule has 0 saturated carbocycles. The smallest absolute Gasteiger partial charge is 0.227 e.